The van der Waals surface area contributed by atoms with Gasteiger partial charge < -0.3 is 5.73 Å². The molecule has 5 heteroatoms. The lowest BCUT2D eigenvalue weighted by Gasteiger charge is -2.14. The first kappa shape index (κ1) is 13.6. The lowest BCUT2D eigenvalue weighted by Crippen LogP contribution is -2.12. The van der Waals surface area contributed by atoms with E-state index in [1.807, 2.05) is 18.2 Å². The quantitative estimate of drug-likeness (QED) is 0.818. The van der Waals surface area contributed by atoms with Gasteiger partial charge >= 0.3 is 0 Å². The topological polar surface area (TPSA) is 26.0 Å². The molecule has 0 spiro atoms. The number of benzene rings is 2. The normalized spacial score (nSPS) is 12.5. The second kappa shape index (κ2) is 5.47. The summed E-state index contributed by atoms with van der Waals surface area (Å²) in [4.78, 5) is 0. The molecule has 1 atom stereocenters. The van der Waals surface area contributed by atoms with Crippen molar-refractivity contribution in [1.29, 1.82) is 0 Å². The van der Waals surface area contributed by atoms with Crippen molar-refractivity contribution >= 4 is 31.9 Å². The molecule has 2 N–H and O–H groups in total. The lowest BCUT2D eigenvalue weighted by molar-refractivity contribution is 0.577. The van der Waals surface area contributed by atoms with E-state index < -0.39 is 17.7 Å². The van der Waals surface area contributed by atoms with Gasteiger partial charge in [0.1, 0.15) is 11.6 Å². The van der Waals surface area contributed by atoms with Crippen LogP contribution < -0.4 is 5.73 Å². The molecule has 0 fully saturated rings. The number of hydrogen-bond acceptors (Lipinski definition) is 1. The fraction of sp³-hybridized carbons (Fsp3) is 0.0769. The lowest BCUT2D eigenvalue weighted by atomic mass is 9.99. The average Bonchev–Trinajstić information content (AvgIpc) is 2.25. The predicted octanol–water partition coefficient (Wildman–Crippen LogP) is 4.54. The zero-order valence-corrected chi connectivity index (χ0v) is 12.3. The second-order valence-electron chi connectivity index (χ2n) is 3.88. The van der Waals surface area contributed by atoms with Crippen molar-refractivity contribution in [3.63, 3.8) is 0 Å². The molecule has 94 valence electrons. The van der Waals surface area contributed by atoms with Crippen molar-refractivity contribution in [3.8, 4) is 0 Å². The maximum Gasteiger partial charge on any atom is 0.126 e. The molecule has 2 aromatic rings. The highest BCUT2D eigenvalue weighted by Crippen LogP contribution is 2.27. The SMILES string of the molecule is NC(c1cc(F)cc(F)c1)c1cc(Br)cc(Br)c1. The van der Waals surface area contributed by atoms with E-state index in [9.17, 15) is 8.78 Å². The summed E-state index contributed by atoms with van der Waals surface area (Å²) >= 11 is 6.70. The summed E-state index contributed by atoms with van der Waals surface area (Å²) in [5.74, 6) is -1.26. The van der Waals surface area contributed by atoms with E-state index in [-0.39, 0.29) is 0 Å². The smallest absolute Gasteiger partial charge is 0.126 e. The van der Waals surface area contributed by atoms with Crippen LogP contribution in [0.3, 0.4) is 0 Å². The van der Waals surface area contributed by atoms with Crippen molar-refractivity contribution in [2.24, 2.45) is 5.73 Å². The minimum Gasteiger partial charge on any atom is -0.320 e. The molecule has 0 aliphatic carbocycles. The van der Waals surface area contributed by atoms with E-state index in [4.69, 9.17) is 5.73 Å². The third-order valence-corrected chi connectivity index (χ3v) is 3.40. The summed E-state index contributed by atoms with van der Waals surface area (Å²) in [7, 11) is 0. The molecule has 0 radical (unpaired) electrons. The van der Waals surface area contributed by atoms with Gasteiger partial charge in [-0.15, -0.1) is 0 Å². The van der Waals surface area contributed by atoms with E-state index in [0.717, 1.165) is 20.6 Å². The third-order valence-electron chi connectivity index (χ3n) is 2.49. The van der Waals surface area contributed by atoms with Crippen molar-refractivity contribution < 1.29 is 8.78 Å². The Morgan fingerprint density at radius 3 is 1.72 bits per heavy atom. The highest BCUT2D eigenvalue weighted by atomic mass is 79.9. The first-order valence-electron chi connectivity index (χ1n) is 5.13. The Bertz CT molecular complexity index is 495. The average molecular weight is 377 g/mol. The largest absolute Gasteiger partial charge is 0.320 e. The fourth-order valence-corrected chi connectivity index (χ4v) is 3.03. The molecular weight excluding hydrogens is 368 g/mol. The summed E-state index contributed by atoms with van der Waals surface area (Å²) < 4.78 is 28.0. The van der Waals surface area contributed by atoms with E-state index in [0.29, 0.717) is 5.56 Å². The summed E-state index contributed by atoms with van der Waals surface area (Å²) in [6.45, 7) is 0. The van der Waals surface area contributed by atoms with Gasteiger partial charge in [-0.3, -0.25) is 0 Å². The molecule has 0 bridgehead atoms. The van der Waals surface area contributed by atoms with Crippen LogP contribution in [0.15, 0.2) is 45.3 Å². The minimum atomic E-state index is -0.630. The van der Waals surface area contributed by atoms with Crippen LogP contribution in [0.2, 0.25) is 0 Å². The molecule has 0 aliphatic heterocycles. The van der Waals surface area contributed by atoms with Gasteiger partial charge in [0.15, 0.2) is 0 Å². The molecule has 0 aromatic heterocycles. The fourth-order valence-electron chi connectivity index (χ4n) is 1.70. The van der Waals surface area contributed by atoms with E-state index >= 15 is 0 Å². The van der Waals surface area contributed by atoms with Gasteiger partial charge in [0.2, 0.25) is 0 Å². The third kappa shape index (κ3) is 3.16. The number of nitrogens with two attached hydrogens (primary N) is 1. The van der Waals surface area contributed by atoms with Crippen molar-refractivity contribution in [1.82, 2.24) is 0 Å². The first-order valence-corrected chi connectivity index (χ1v) is 6.72. The Kier molecular flexibility index (Phi) is 4.14. The maximum absolute atomic E-state index is 13.1. The van der Waals surface area contributed by atoms with Crippen molar-refractivity contribution in [2.75, 3.05) is 0 Å². The number of rotatable bonds is 2. The highest BCUT2D eigenvalue weighted by Gasteiger charge is 2.12. The molecule has 0 saturated heterocycles. The van der Waals surface area contributed by atoms with E-state index in [1.54, 1.807) is 0 Å². The summed E-state index contributed by atoms with van der Waals surface area (Å²) in [6.07, 6.45) is 0. The Morgan fingerprint density at radius 2 is 1.22 bits per heavy atom. The minimum absolute atomic E-state index is 0.400. The molecule has 0 aliphatic rings. The van der Waals surface area contributed by atoms with Crippen LogP contribution in [-0.2, 0) is 0 Å². The van der Waals surface area contributed by atoms with Crippen LogP contribution in [0.5, 0.6) is 0 Å². The van der Waals surface area contributed by atoms with Crippen LogP contribution in [-0.4, -0.2) is 0 Å². The Hall–Kier alpha value is -0.780. The van der Waals surface area contributed by atoms with Crippen molar-refractivity contribution in [3.05, 3.63) is 68.1 Å². The van der Waals surface area contributed by atoms with Gasteiger partial charge in [0.25, 0.3) is 0 Å². The van der Waals surface area contributed by atoms with Gasteiger partial charge in [-0.1, -0.05) is 31.9 Å². The Morgan fingerprint density at radius 1 is 0.778 bits per heavy atom. The predicted molar refractivity (Wildman–Crippen MR) is 74.2 cm³/mol. The monoisotopic (exact) mass is 375 g/mol. The summed E-state index contributed by atoms with van der Waals surface area (Å²) in [6, 6.07) is 8.22. The molecule has 2 aromatic carbocycles. The molecule has 1 nitrogen and oxygen atoms in total. The molecular formula is C13H9Br2F2N. The molecule has 18 heavy (non-hydrogen) atoms. The van der Waals surface area contributed by atoms with Crippen molar-refractivity contribution in [2.45, 2.75) is 6.04 Å². The molecule has 1 unspecified atom stereocenters. The first-order chi connectivity index (χ1) is 8.45. The highest BCUT2D eigenvalue weighted by molar-refractivity contribution is 9.11. The van der Waals surface area contributed by atoms with Gasteiger partial charge in [-0.05, 0) is 41.5 Å². The van der Waals surface area contributed by atoms with Gasteiger partial charge in [-0.2, -0.15) is 0 Å². The molecule has 0 heterocycles. The summed E-state index contributed by atoms with van der Waals surface area (Å²) in [5.41, 5.74) is 7.18. The van der Waals surface area contributed by atoms with Gasteiger partial charge in [0.05, 0.1) is 6.04 Å². The maximum atomic E-state index is 13.1. The molecule has 0 saturated carbocycles. The number of halogens is 4. The Balaban J connectivity index is 2.43. The van der Waals surface area contributed by atoms with E-state index in [2.05, 4.69) is 31.9 Å². The molecule has 2 rings (SSSR count). The van der Waals surface area contributed by atoms with Crippen LogP contribution in [0.25, 0.3) is 0 Å². The van der Waals surface area contributed by atoms with Gasteiger partial charge in [-0.25, -0.2) is 8.78 Å². The standard InChI is InChI=1S/C13H9Br2F2N/c14-9-1-7(2-10(15)5-9)13(18)8-3-11(16)6-12(17)4-8/h1-6,13H,18H2. The van der Waals surface area contributed by atoms with Crippen LogP contribution in [0.1, 0.15) is 17.2 Å². The molecule has 0 amide bonds. The van der Waals surface area contributed by atoms with Crippen LogP contribution >= 0.6 is 31.9 Å². The second-order valence-corrected chi connectivity index (χ2v) is 5.71. The Labute approximate surface area is 120 Å². The zero-order chi connectivity index (χ0) is 13.3. The van der Waals surface area contributed by atoms with Crippen LogP contribution in [0, 0.1) is 11.6 Å². The number of hydrogen-bond donors (Lipinski definition) is 1. The van der Waals surface area contributed by atoms with E-state index in [1.165, 1.54) is 12.1 Å². The van der Waals surface area contributed by atoms with Crippen LogP contribution in [0.4, 0.5) is 8.78 Å². The van der Waals surface area contributed by atoms with Gasteiger partial charge in [0, 0.05) is 15.0 Å². The summed E-state index contributed by atoms with van der Waals surface area (Å²) in [5, 5.41) is 0. The zero-order valence-electron chi connectivity index (χ0n) is 9.13.